The summed E-state index contributed by atoms with van der Waals surface area (Å²) in [4.78, 5) is 23.2. The molecule has 4 heteroatoms. The first-order chi connectivity index (χ1) is 8.70. The minimum Gasteiger partial charge on any atom is -0.466 e. The predicted octanol–water partition coefficient (Wildman–Crippen LogP) is 1.68. The summed E-state index contributed by atoms with van der Waals surface area (Å²) in [5.41, 5.74) is 1.26. The zero-order valence-corrected chi connectivity index (χ0v) is 10.2. The fraction of sp³-hybridized carbons (Fsp3) is 0.286. The maximum Gasteiger partial charge on any atom is 0.333 e. The van der Waals surface area contributed by atoms with Crippen LogP contribution in [0, 0.1) is 0 Å². The van der Waals surface area contributed by atoms with Gasteiger partial charge in [-0.2, -0.15) is 0 Å². The lowest BCUT2D eigenvalue weighted by atomic mass is 10.1. The van der Waals surface area contributed by atoms with Gasteiger partial charge in [0, 0.05) is 17.2 Å². The van der Waals surface area contributed by atoms with Gasteiger partial charge in [-0.3, -0.25) is 4.79 Å². The minimum absolute atomic E-state index is 0.0215. The molecule has 0 aliphatic heterocycles. The Morgan fingerprint density at radius 2 is 2.00 bits per heavy atom. The van der Waals surface area contributed by atoms with E-state index in [2.05, 4.69) is 10.1 Å². The third kappa shape index (κ3) is 2.77. The van der Waals surface area contributed by atoms with Crippen LogP contribution in [0.3, 0.4) is 0 Å². The summed E-state index contributed by atoms with van der Waals surface area (Å²) >= 11 is 0. The first-order valence-corrected chi connectivity index (χ1v) is 5.84. The molecule has 1 aromatic rings. The molecule has 0 unspecified atom stereocenters. The van der Waals surface area contributed by atoms with Crippen LogP contribution in [-0.2, 0) is 9.53 Å². The SMILES string of the molecule is COC(=O)C1=CC[C@H](NC(=O)c2ccccc2)C1. The highest BCUT2D eigenvalue weighted by Gasteiger charge is 2.23. The Balaban J connectivity index is 1.90. The topological polar surface area (TPSA) is 55.4 Å². The van der Waals surface area contributed by atoms with Crippen molar-refractivity contribution in [2.24, 2.45) is 0 Å². The van der Waals surface area contributed by atoms with Gasteiger partial charge in [0.25, 0.3) is 5.91 Å². The molecule has 4 nitrogen and oxygen atoms in total. The van der Waals surface area contributed by atoms with Crippen LogP contribution in [0.15, 0.2) is 42.0 Å². The fourth-order valence-electron chi connectivity index (χ4n) is 1.98. The monoisotopic (exact) mass is 245 g/mol. The Morgan fingerprint density at radius 1 is 1.28 bits per heavy atom. The van der Waals surface area contributed by atoms with Crippen molar-refractivity contribution in [2.45, 2.75) is 18.9 Å². The molecule has 1 aliphatic carbocycles. The first kappa shape index (κ1) is 12.4. The summed E-state index contributed by atoms with van der Waals surface area (Å²) in [5, 5.41) is 2.91. The van der Waals surface area contributed by atoms with Gasteiger partial charge in [-0.1, -0.05) is 24.3 Å². The Hall–Kier alpha value is -2.10. The molecule has 18 heavy (non-hydrogen) atoms. The number of nitrogens with one attached hydrogen (secondary N) is 1. The smallest absolute Gasteiger partial charge is 0.333 e. The van der Waals surface area contributed by atoms with Crippen LogP contribution in [0.1, 0.15) is 23.2 Å². The number of carbonyl (C=O) groups is 2. The fourth-order valence-corrected chi connectivity index (χ4v) is 1.98. The molecular formula is C14H15NO3. The zero-order chi connectivity index (χ0) is 13.0. The zero-order valence-electron chi connectivity index (χ0n) is 10.2. The molecule has 0 saturated heterocycles. The predicted molar refractivity (Wildman–Crippen MR) is 67.0 cm³/mol. The molecule has 1 N–H and O–H groups in total. The largest absolute Gasteiger partial charge is 0.466 e. The van der Waals surface area contributed by atoms with Crippen molar-refractivity contribution in [1.29, 1.82) is 0 Å². The van der Waals surface area contributed by atoms with Crippen molar-refractivity contribution in [1.82, 2.24) is 5.32 Å². The maximum absolute atomic E-state index is 11.9. The standard InChI is InChI=1S/C14H15NO3/c1-18-14(17)11-7-8-12(9-11)15-13(16)10-5-3-2-4-6-10/h2-7,12H,8-9H2,1H3,(H,15,16)/t12-/m0/s1. The molecule has 0 aromatic heterocycles. The number of amides is 1. The molecule has 94 valence electrons. The highest BCUT2D eigenvalue weighted by atomic mass is 16.5. The number of rotatable bonds is 3. The Bertz CT molecular complexity index is 479. The quantitative estimate of drug-likeness (QED) is 0.824. The number of hydrogen-bond donors (Lipinski definition) is 1. The lowest BCUT2D eigenvalue weighted by Crippen LogP contribution is -2.33. The second-order valence-electron chi connectivity index (χ2n) is 4.20. The van der Waals surface area contributed by atoms with Crippen molar-refractivity contribution in [2.75, 3.05) is 7.11 Å². The molecule has 0 fully saturated rings. The summed E-state index contributed by atoms with van der Waals surface area (Å²) in [6.07, 6.45) is 3.02. The molecule has 1 amide bonds. The van der Waals surface area contributed by atoms with Crippen LogP contribution in [0.5, 0.6) is 0 Å². The highest BCUT2D eigenvalue weighted by molar-refractivity contribution is 5.95. The highest BCUT2D eigenvalue weighted by Crippen LogP contribution is 2.20. The molecule has 0 radical (unpaired) electrons. The summed E-state index contributed by atoms with van der Waals surface area (Å²) in [5.74, 6) is -0.424. The van der Waals surface area contributed by atoms with E-state index in [1.807, 2.05) is 24.3 Å². The molecule has 0 bridgehead atoms. The molecule has 0 spiro atoms. The van der Waals surface area contributed by atoms with Crippen molar-refractivity contribution in [3.05, 3.63) is 47.5 Å². The van der Waals surface area contributed by atoms with E-state index >= 15 is 0 Å². The van der Waals surface area contributed by atoms with Crippen molar-refractivity contribution < 1.29 is 14.3 Å². The van der Waals surface area contributed by atoms with Crippen molar-refractivity contribution in [3.63, 3.8) is 0 Å². The molecule has 2 rings (SSSR count). The number of benzene rings is 1. The average Bonchev–Trinajstić information content (AvgIpc) is 2.87. The third-order valence-corrected chi connectivity index (χ3v) is 2.93. The molecule has 0 heterocycles. The first-order valence-electron chi connectivity index (χ1n) is 5.84. The number of ether oxygens (including phenoxy) is 1. The lowest BCUT2D eigenvalue weighted by Gasteiger charge is -2.12. The van der Waals surface area contributed by atoms with Gasteiger partial charge in [0.15, 0.2) is 0 Å². The van der Waals surface area contributed by atoms with E-state index in [1.54, 1.807) is 12.1 Å². The third-order valence-electron chi connectivity index (χ3n) is 2.93. The van der Waals surface area contributed by atoms with E-state index in [-0.39, 0.29) is 17.9 Å². The van der Waals surface area contributed by atoms with Crippen LogP contribution >= 0.6 is 0 Å². The Labute approximate surface area is 106 Å². The number of carbonyl (C=O) groups excluding carboxylic acids is 2. The van der Waals surface area contributed by atoms with Crippen molar-refractivity contribution >= 4 is 11.9 Å². The second-order valence-corrected chi connectivity index (χ2v) is 4.20. The van der Waals surface area contributed by atoms with Gasteiger partial charge in [-0.15, -0.1) is 0 Å². The van der Waals surface area contributed by atoms with Crippen LogP contribution in [0.25, 0.3) is 0 Å². The number of hydrogen-bond acceptors (Lipinski definition) is 3. The van der Waals surface area contributed by atoms with E-state index in [1.165, 1.54) is 7.11 Å². The maximum atomic E-state index is 11.9. The van der Waals surface area contributed by atoms with Crippen LogP contribution < -0.4 is 5.32 Å². The summed E-state index contributed by atoms with van der Waals surface area (Å²) in [6, 6.07) is 9.01. The molecule has 1 aromatic carbocycles. The molecule has 0 saturated carbocycles. The van der Waals surface area contributed by atoms with E-state index in [0.717, 1.165) is 0 Å². The van der Waals surface area contributed by atoms with Gasteiger partial charge in [-0.05, 0) is 25.0 Å². The number of methoxy groups -OCH3 is 1. The van der Waals surface area contributed by atoms with E-state index in [9.17, 15) is 9.59 Å². The molecule has 1 atom stereocenters. The van der Waals surface area contributed by atoms with E-state index in [0.29, 0.717) is 24.0 Å². The van der Waals surface area contributed by atoms with E-state index < -0.39 is 0 Å². The lowest BCUT2D eigenvalue weighted by molar-refractivity contribution is -0.136. The normalized spacial score (nSPS) is 18.1. The van der Waals surface area contributed by atoms with Crippen LogP contribution in [-0.4, -0.2) is 25.0 Å². The molecule has 1 aliphatic rings. The van der Waals surface area contributed by atoms with Crippen LogP contribution in [0.2, 0.25) is 0 Å². The van der Waals surface area contributed by atoms with Gasteiger partial charge in [-0.25, -0.2) is 4.79 Å². The van der Waals surface area contributed by atoms with Crippen molar-refractivity contribution in [3.8, 4) is 0 Å². The summed E-state index contributed by atoms with van der Waals surface area (Å²) in [6.45, 7) is 0. The summed E-state index contributed by atoms with van der Waals surface area (Å²) < 4.78 is 4.65. The van der Waals surface area contributed by atoms with Crippen LogP contribution in [0.4, 0.5) is 0 Å². The average molecular weight is 245 g/mol. The van der Waals surface area contributed by atoms with Gasteiger partial charge in [0.2, 0.25) is 0 Å². The van der Waals surface area contributed by atoms with E-state index in [4.69, 9.17) is 0 Å². The van der Waals surface area contributed by atoms with Gasteiger partial charge in [0.1, 0.15) is 0 Å². The number of esters is 1. The Kier molecular flexibility index (Phi) is 3.77. The summed E-state index contributed by atoms with van der Waals surface area (Å²) in [7, 11) is 1.36. The van der Waals surface area contributed by atoms with Gasteiger partial charge in [0.05, 0.1) is 7.11 Å². The second kappa shape index (κ2) is 5.49. The van der Waals surface area contributed by atoms with Gasteiger partial charge >= 0.3 is 5.97 Å². The Morgan fingerprint density at radius 3 is 2.67 bits per heavy atom. The molecular weight excluding hydrogens is 230 g/mol. The minimum atomic E-state index is -0.313. The van der Waals surface area contributed by atoms with Gasteiger partial charge < -0.3 is 10.1 Å².